The van der Waals surface area contributed by atoms with Crippen molar-refractivity contribution in [2.24, 2.45) is 0 Å². The Morgan fingerprint density at radius 3 is 2.18 bits per heavy atom. The summed E-state index contributed by atoms with van der Waals surface area (Å²) in [7, 11) is -4.09. The maximum atomic E-state index is 12.8. The van der Waals surface area contributed by atoms with Gasteiger partial charge in [0.1, 0.15) is 13.2 Å². The summed E-state index contributed by atoms with van der Waals surface area (Å²) in [6.07, 6.45) is 0.689. The molecule has 0 aromatic heterocycles. The van der Waals surface area contributed by atoms with Crippen molar-refractivity contribution in [2.75, 3.05) is 31.1 Å². The van der Waals surface area contributed by atoms with Crippen LogP contribution in [0.2, 0.25) is 0 Å². The highest BCUT2D eigenvalue weighted by molar-refractivity contribution is 7.92. The topological polar surface area (TPSA) is 120 Å². The molecule has 2 heterocycles. The minimum atomic E-state index is -4.09. The second-order valence-corrected chi connectivity index (χ2v) is 7.79. The first-order valence-corrected chi connectivity index (χ1v) is 10.0. The Bertz CT molecular complexity index is 1030. The van der Waals surface area contributed by atoms with Gasteiger partial charge in [-0.15, -0.1) is 0 Å². The molecule has 0 atom stereocenters. The van der Waals surface area contributed by atoms with Gasteiger partial charge < -0.3 is 24.1 Å². The predicted molar refractivity (Wildman–Crippen MR) is 97.2 cm³/mol. The van der Waals surface area contributed by atoms with Gasteiger partial charge in [0.25, 0.3) is 10.0 Å². The highest BCUT2D eigenvalue weighted by atomic mass is 32.2. The number of benzene rings is 2. The van der Waals surface area contributed by atoms with Crippen molar-refractivity contribution in [3.63, 3.8) is 0 Å². The van der Waals surface area contributed by atoms with Crippen LogP contribution in [0.3, 0.4) is 0 Å². The highest BCUT2D eigenvalue weighted by Gasteiger charge is 2.24. The average Bonchev–Trinajstić information content (AvgIpc) is 2.91. The van der Waals surface area contributed by atoms with E-state index in [2.05, 4.69) is 4.72 Å². The molecule has 0 aliphatic carbocycles. The summed E-state index contributed by atoms with van der Waals surface area (Å²) < 4.78 is 49.8. The van der Waals surface area contributed by atoms with E-state index in [1.54, 1.807) is 0 Å². The molecule has 0 spiro atoms. The van der Waals surface area contributed by atoms with Crippen LogP contribution in [0.1, 0.15) is 16.8 Å². The van der Waals surface area contributed by atoms with Gasteiger partial charge in [0.05, 0.1) is 29.4 Å². The van der Waals surface area contributed by atoms with Gasteiger partial charge in [-0.2, -0.15) is 0 Å². The molecule has 0 saturated heterocycles. The Hall–Kier alpha value is -3.14. The summed E-state index contributed by atoms with van der Waals surface area (Å²) in [5.41, 5.74) is -0.369. The molecule has 0 unspecified atom stereocenters. The van der Waals surface area contributed by atoms with E-state index in [1.807, 2.05) is 0 Å². The minimum absolute atomic E-state index is 0.0806. The lowest BCUT2D eigenvalue weighted by Crippen LogP contribution is -2.19. The van der Waals surface area contributed by atoms with Crippen LogP contribution in [0.25, 0.3) is 0 Å². The van der Waals surface area contributed by atoms with E-state index in [4.69, 9.17) is 18.9 Å². The lowest BCUT2D eigenvalue weighted by atomic mass is 10.1. The maximum absolute atomic E-state index is 12.8. The van der Waals surface area contributed by atoms with Crippen LogP contribution in [-0.4, -0.2) is 45.9 Å². The van der Waals surface area contributed by atoms with Crippen molar-refractivity contribution in [1.29, 1.82) is 0 Å². The normalized spacial score (nSPS) is 15.4. The molecule has 0 saturated carbocycles. The van der Waals surface area contributed by atoms with Crippen molar-refractivity contribution < 1.29 is 37.3 Å². The SMILES string of the molecule is O=C(O)c1cc2c(cc1NS(=O)(=O)c1ccc3c(c1)OCCCO3)OCCO2. The number of carbonyl (C=O) groups is 1. The third kappa shape index (κ3) is 3.50. The number of ether oxygens (including phenoxy) is 4. The molecule has 0 radical (unpaired) electrons. The molecule has 148 valence electrons. The predicted octanol–water partition coefficient (Wildman–Crippen LogP) is 2.12. The fourth-order valence-electron chi connectivity index (χ4n) is 2.86. The molecule has 2 N–H and O–H groups in total. The third-order valence-corrected chi connectivity index (χ3v) is 5.55. The molecule has 10 heteroatoms. The number of rotatable bonds is 4. The Morgan fingerprint density at radius 1 is 0.857 bits per heavy atom. The van der Waals surface area contributed by atoms with Gasteiger partial charge in [-0.25, -0.2) is 13.2 Å². The summed E-state index contributed by atoms with van der Waals surface area (Å²) in [6, 6.07) is 6.77. The summed E-state index contributed by atoms with van der Waals surface area (Å²) in [5.74, 6) is 0.00568. The van der Waals surface area contributed by atoms with Gasteiger partial charge in [-0.05, 0) is 12.1 Å². The van der Waals surface area contributed by atoms with Gasteiger partial charge in [-0.1, -0.05) is 0 Å². The van der Waals surface area contributed by atoms with Crippen molar-refractivity contribution >= 4 is 21.7 Å². The zero-order chi connectivity index (χ0) is 19.7. The van der Waals surface area contributed by atoms with E-state index in [0.29, 0.717) is 31.1 Å². The molecule has 2 aliphatic rings. The Balaban J connectivity index is 1.70. The molecule has 2 aliphatic heterocycles. The lowest BCUT2D eigenvalue weighted by Gasteiger charge is -2.20. The molecule has 2 aromatic rings. The molecule has 0 amide bonds. The van der Waals surface area contributed by atoms with E-state index in [0.717, 1.165) is 0 Å². The van der Waals surface area contributed by atoms with Gasteiger partial charge >= 0.3 is 5.97 Å². The van der Waals surface area contributed by atoms with E-state index in [-0.39, 0.29) is 40.9 Å². The fourth-order valence-corrected chi connectivity index (χ4v) is 3.95. The number of carboxylic acid groups (broad SMARTS) is 1. The summed E-state index contributed by atoms with van der Waals surface area (Å²) in [6.45, 7) is 1.47. The van der Waals surface area contributed by atoms with Crippen LogP contribution < -0.4 is 23.7 Å². The number of nitrogens with one attached hydrogen (secondary N) is 1. The number of aromatic carboxylic acids is 1. The van der Waals surface area contributed by atoms with Crippen LogP contribution in [0.4, 0.5) is 5.69 Å². The van der Waals surface area contributed by atoms with Crippen LogP contribution in [0.5, 0.6) is 23.0 Å². The maximum Gasteiger partial charge on any atom is 0.337 e. The standard InChI is InChI=1S/C18H17NO8S/c20-18(21)12-9-16-17(27-7-6-26-16)10-13(12)19-28(22,23)11-2-3-14-15(8-11)25-5-1-4-24-14/h2-3,8-10,19H,1,4-7H2,(H,20,21). The molecular formula is C18H17NO8S. The fraction of sp³-hybridized carbons (Fsp3) is 0.278. The summed E-state index contributed by atoms with van der Waals surface area (Å²) in [5, 5.41) is 9.46. The zero-order valence-electron chi connectivity index (χ0n) is 14.6. The second kappa shape index (κ2) is 7.12. The molecule has 2 aromatic carbocycles. The zero-order valence-corrected chi connectivity index (χ0v) is 15.5. The van der Waals surface area contributed by atoms with E-state index in [9.17, 15) is 18.3 Å². The third-order valence-electron chi connectivity index (χ3n) is 4.19. The van der Waals surface area contributed by atoms with Crippen molar-refractivity contribution in [2.45, 2.75) is 11.3 Å². The Kier molecular flexibility index (Phi) is 4.63. The molecule has 0 bridgehead atoms. The molecule has 9 nitrogen and oxygen atoms in total. The van der Waals surface area contributed by atoms with Crippen molar-refractivity contribution in [3.05, 3.63) is 35.9 Å². The number of anilines is 1. The largest absolute Gasteiger partial charge is 0.490 e. The summed E-state index contributed by atoms with van der Waals surface area (Å²) >= 11 is 0. The quantitative estimate of drug-likeness (QED) is 0.791. The van der Waals surface area contributed by atoms with Crippen LogP contribution in [0.15, 0.2) is 35.2 Å². The number of hydrogen-bond acceptors (Lipinski definition) is 7. The Labute approximate surface area is 160 Å². The number of carboxylic acids is 1. The molecule has 28 heavy (non-hydrogen) atoms. The number of hydrogen-bond donors (Lipinski definition) is 2. The first-order valence-electron chi connectivity index (χ1n) is 8.53. The van der Waals surface area contributed by atoms with Crippen LogP contribution >= 0.6 is 0 Å². The molecular weight excluding hydrogens is 390 g/mol. The van der Waals surface area contributed by atoms with Gasteiger partial charge in [-0.3, -0.25) is 4.72 Å². The van der Waals surface area contributed by atoms with Crippen molar-refractivity contribution in [3.8, 4) is 23.0 Å². The number of fused-ring (bicyclic) bond motifs is 2. The smallest absolute Gasteiger partial charge is 0.337 e. The first-order chi connectivity index (χ1) is 13.4. The van der Waals surface area contributed by atoms with Gasteiger partial charge in [0, 0.05) is 24.6 Å². The van der Waals surface area contributed by atoms with Crippen LogP contribution in [-0.2, 0) is 10.0 Å². The minimum Gasteiger partial charge on any atom is -0.490 e. The van der Waals surface area contributed by atoms with Gasteiger partial charge in [0.2, 0.25) is 0 Å². The first kappa shape index (κ1) is 18.2. The average molecular weight is 407 g/mol. The molecule has 4 rings (SSSR count). The van der Waals surface area contributed by atoms with E-state index < -0.39 is 16.0 Å². The van der Waals surface area contributed by atoms with E-state index >= 15 is 0 Å². The highest BCUT2D eigenvalue weighted by Crippen LogP contribution is 2.37. The second-order valence-electron chi connectivity index (χ2n) is 6.11. The van der Waals surface area contributed by atoms with E-state index in [1.165, 1.54) is 30.3 Å². The molecule has 0 fully saturated rings. The van der Waals surface area contributed by atoms with Gasteiger partial charge in [0.15, 0.2) is 23.0 Å². The Morgan fingerprint density at radius 2 is 1.46 bits per heavy atom. The summed E-state index contributed by atoms with van der Waals surface area (Å²) in [4.78, 5) is 11.5. The monoisotopic (exact) mass is 407 g/mol. The lowest BCUT2D eigenvalue weighted by molar-refractivity contribution is 0.0697. The number of sulfonamides is 1. The van der Waals surface area contributed by atoms with Crippen molar-refractivity contribution in [1.82, 2.24) is 0 Å². The van der Waals surface area contributed by atoms with Crippen LogP contribution in [0, 0.1) is 0 Å².